The first-order valence-electron chi connectivity index (χ1n) is 5.94. The van der Waals surface area contributed by atoms with Gasteiger partial charge in [0.1, 0.15) is 5.65 Å². The lowest BCUT2D eigenvalue weighted by Crippen LogP contribution is -2.24. The molecule has 5 heteroatoms. The highest BCUT2D eigenvalue weighted by Gasteiger charge is 2.06. The minimum atomic E-state index is 0.0724. The molecule has 2 heterocycles. The Labute approximate surface area is 115 Å². The van der Waals surface area contributed by atoms with E-state index in [4.69, 9.17) is 0 Å². The van der Waals surface area contributed by atoms with Crippen molar-refractivity contribution in [2.24, 2.45) is 5.92 Å². The van der Waals surface area contributed by atoms with Crippen LogP contribution in [0.15, 0.2) is 29.0 Å². The molecule has 0 aliphatic heterocycles. The van der Waals surface area contributed by atoms with Crippen molar-refractivity contribution in [3.05, 3.63) is 34.7 Å². The number of rotatable bonds is 4. The number of amides is 1. The highest BCUT2D eigenvalue weighted by molar-refractivity contribution is 9.10. The van der Waals surface area contributed by atoms with E-state index < -0.39 is 0 Å². The van der Waals surface area contributed by atoms with E-state index in [-0.39, 0.29) is 5.91 Å². The number of nitrogens with one attached hydrogen (secondary N) is 1. The molecule has 2 rings (SSSR count). The van der Waals surface area contributed by atoms with E-state index in [0.717, 1.165) is 15.8 Å². The van der Waals surface area contributed by atoms with Gasteiger partial charge in [0.25, 0.3) is 0 Å². The molecular formula is C13H16BrN3O. The van der Waals surface area contributed by atoms with Crippen molar-refractivity contribution in [1.82, 2.24) is 14.7 Å². The van der Waals surface area contributed by atoms with Gasteiger partial charge in [-0.25, -0.2) is 4.98 Å². The lowest BCUT2D eigenvalue weighted by Gasteiger charge is -2.04. The van der Waals surface area contributed by atoms with Gasteiger partial charge in [-0.15, -0.1) is 0 Å². The third-order valence-electron chi connectivity index (χ3n) is 2.53. The second-order valence-corrected chi connectivity index (χ2v) is 5.64. The van der Waals surface area contributed by atoms with Gasteiger partial charge in [0, 0.05) is 23.3 Å². The predicted molar refractivity (Wildman–Crippen MR) is 74.2 cm³/mol. The zero-order valence-electron chi connectivity index (χ0n) is 10.5. The molecule has 0 spiro atoms. The second kappa shape index (κ2) is 5.52. The van der Waals surface area contributed by atoms with Crippen molar-refractivity contribution in [1.29, 1.82) is 0 Å². The average Bonchev–Trinajstić information content (AvgIpc) is 2.67. The van der Waals surface area contributed by atoms with Crippen LogP contribution in [0.3, 0.4) is 0 Å². The minimum absolute atomic E-state index is 0.0724. The summed E-state index contributed by atoms with van der Waals surface area (Å²) in [6.07, 6.45) is 4.43. The summed E-state index contributed by atoms with van der Waals surface area (Å²) in [5.41, 5.74) is 1.75. The van der Waals surface area contributed by atoms with Crippen LogP contribution >= 0.6 is 15.9 Å². The summed E-state index contributed by atoms with van der Waals surface area (Å²) in [6, 6.07) is 3.88. The molecule has 0 aliphatic rings. The quantitative estimate of drug-likeness (QED) is 0.944. The second-order valence-electron chi connectivity index (χ2n) is 4.72. The molecule has 18 heavy (non-hydrogen) atoms. The maximum Gasteiger partial charge on any atom is 0.220 e. The largest absolute Gasteiger partial charge is 0.350 e. The molecule has 96 valence electrons. The maximum atomic E-state index is 11.5. The molecule has 0 saturated heterocycles. The number of hydrogen-bond donors (Lipinski definition) is 1. The van der Waals surface area contributed by atoms with Crippen LogP contribution in [-0.2, 0) is 11.3 Å². The van der Waals surface area contributed by atoms with Gasteiger partial charge in [0.15, 0.2) is 0 Å². The van der Waals surface area contributed by atoms with E-state index in [9.17, 15) is 4.79 Å². The van der Waals surface area contributed by atoms with Gasteiger partial charge in [-0.3, -0.25) is 4.79 Å². The lowest BCUT2D eigenvalue weighted by atomic mass is 10.1. The first kappa shape index (κ1) is 13.1. The fraction of sp³-hybridized carbons (Fsp3) is 0.385. The Kier molecular flexibility index (Phi) is 4.01. The Morgan fingerprint density at radius 3 is 2.94 bits per heavy atom. The van der Waals surface area contributed by atoms with Crippen LogP contribution in [0.2, 0.25) is 0 Å². The molecule has 0 aromatic carbocycles. The first-order valence-corrected chi connectivity index (χ1v) is 6.73. The molecule has 2 aromatic heterocycles. The van der Waals surface area contributed by atoms with E-state index in [1.165, 1.54) is 0 Å². The van der Waals surface area contributed by atoms with Crippen LogP contribution < -0.4 is 5.32 Å². The van der Waals surface area contributed by atoms with Crippen molar-refractivity contribution in [3.8, 4) is 0 Å². The summed E-state index contributed by atoms with van der Waals surface area (Å²) in [4.78, 5) is 16.0. The average molecular weight is 310 g/mol. The Morgan fingerprint density at radius 2 is 2.22 bits per heavy atom. The number of carbonyl (C=O) groups is 1. The van der Waals surface area contributed by atoms with E-state index in [0.29, 0.717) is 18.9 Å². The van der Waals surface area contributed by atoms with Gasteiger partial charge >= 0.3 is 0 Å². The first-order chi connectivity index (χ1) is 8.54. The van der Waals surface area contributed by atoms with E-state index in [2.05, 4.69) is 26.2 Å². The van der Waals surface area contributed by atoms with E-state index >= 15 is 0 Å². The predicted octanol–water partition coefficient (Wildman–Crippen LogP) is 2.76. The van der Waals surface area contributed by atoms with Crippen LogP contribution in [0.25, 0.3) is 5.65 Å². The molecule has 0 bridgehead atoms. The smallest absolute Gasteiger partial charge is 0.220 e. The lowest BCUT2D eigenvalue weighted by molar-refractivity contribution is -0.121. The van der Waals surface area contributed by atoms with Gasteiger partial charge in [-0.2, -0.15) is 0 Å². The van der Waals surface area contributed by atoms with Gasteiger partial charge in [0.05, 0.1) is 12.2 Å². The Hall–Kier alpha value is -1.36. The Balaban J connectivity index is 2.02. The minimum Gasteiger partial charge on any atom is -0.350 e. The SMILES string of the molecule is CC(C)CC(=O)NCc1cn2cc(Br)ccc2n1. The number of fused-ring (bicyclic) bond motifs is 1. The molecule has 1 amide bonds. The number of nitrogens with zero attached hydrogens (tertiary/aromatic N) is 2. The Bertz CT molecular complexity index is 562. The number of aromatic nitrogens is 2. The zero-order chi connectivity index (χ0) is 13.1. The maximum absolute atomic E-state index is 11.5. The third kappa shape index (κ3) is 3.32. The fourth-order valence-electron chi connectivity index (χ4n) is 1.73. The standard InChI is InChI=1S/C13H16BrN3O/c1-9(2)5-13(18)15-6-11-8-17-7-10(14)3-4-12(17)16-11/h3-4,7-9H,5-6H2,1-2H3,(H,15,18). The molecule has 0 aliphatic carbocycles. The van der Waals surface area contributed by atoms with Crippen molar-refractivity contribution >= 4 is 27.5 Å². The summed E-state index contributed by atoms with van der Waals surface area (Å²) < 4.78 is 2.94. The molecule has 1 N–H and O–H groups in total. The van der Waals surface area contributed by atoms with Crippen molar-refractivity contribution < 1.29 is 4.79 Å². The van der Waals surface area contributed by atoms with Gasteiger partial charge in [-0.1, -0.05) is 13.8 Å². The van der Waals surface area contributed by atoms with Crippen LogP contribution in [0.5, 0.6) is 0 Å². The van der Waals surface area contributed by atoms with Crippen LogP contribution in [0.4, 0.5) is 0 Å². The number of halogens is 1. The molecular weight excluding hydrogens is 294 g/mol. The number of pyridine rings is 1. The zero-order valence-corrected chi connectivity index (χ0v) is 12.1. The monoisotopic (exact) mass is 309 g/mol. The normalized spacial score (nSPS) is 11.1. The van der Waals surface area contributed by atoms with Crippen LogP contribution in [0, 0.1) is 5.92 Å². The third-order valence-corrected chi connectivity index (χ3v) is 2.99. The molecule has 2 aromatic rings. The summed E-state index contributed by atoms with van der Waals surface area (Å²) in [5, 5.41) is 2.88. The van der Waals surface area contributed by atoms with E-state index in [1.54, 1.807) is 0 Å². The summed E-state index contributed by atoms with van der Waals surface area (Å²) in [6.45, 7) is 4.54. The number of hydrogen-bond acceptors (Lipinski definition) is 2. The van der Waals surface area contributed by atoms with Crippen molar-refractivity contribution in [2.75, 3.05) is 0 Å². The topological polar surface area (TPSA) is 46.4 Å². The van der Waals surface area contributed by atoms with Crippen molar-refractivity contribution in [3.63, 3.8) is 0 Å². The van der Waals surface area contributed by atoms with Gasteiger partial charge in [0.2, 0.25) is 5.91 Å². The Morgan fingerprint density at radius 1 is 1.44 bits per heavy atom. The number of imidazole rings is 1. The fourth-order valence-corrected chi connectivity index (χ4v) is 2.09. The summed E-state index contributed by atoms with van der Waals surface area (Å²) in [5.74, 6) is 0.449. The number of carbonyl (C=O) groups excluding carboxylic acids is 1. The molecule has 0 atom stereocenters. The van der Waals surface area contributed by atoms with Crippen LogP contribution in [0.1, 0.15) is 26.0 Å². The highest BCUT2D eigenvalue weighted by Crippen LogP contribution is 2.12. The van der Waals surface area contributed by atoms with Crippen molar-refractivity contribution in [2.45, 2.75) is 26.8 Å². The van der Waals surface area contributed by atoms with Crippen LogP contribution in [-0.4, -0.2) is 15.3 Å². The summed E-state index contributed by atoms with van der Waals surface area (Å²) in [7, 11) is 0. The highest BCUT2D eigenvalue weighted by atomic mass is 79.9. The molecule has 0 saturated carbocycles. The molecule has 0 unspecified atom stereocenters. The van der Waals surface area contributed by atoms with E-state index in [1.807, 2.05) is 42.8 Å². The summed E-state index contributed by atoms with van der Waals surface area (Å²) >= 11 is 3.41. The molecule has 4 nitrogen and oxygen atoms in total. The van der Waals surface area contributed by atoms with Gasteiger partial charge in [-0.05, 0) is 34.0 Å². The molecule has 0 fully saturated rings. The molecule has 0 radical (unpaired) electrons. The van der Waals surface area contributed by atoms with Gasteiger partial charge < -0.3 is 9.72 Å².